The summed E-state index contributed by atoms with van der Waals surface area (Å²) in [5, 5.41) is 8.22. The third-order valence-electron chi connectivity index (χ3n) is 3.37. The summed E-state index contributed by atoms with van der Waals surface area (Å²) in [4.78, 5) is 0. The van der Waals surface area contributed by atoms with Crippen LogP contribution in [0.1, 0.15) is 45.3 Å². The second-order valence-electron chi connectivity index (χ2n) is 5.63. The molecule has 0 fully saturated rings. The Bertz CT molecular complexity index is 366. The van der Waals surface area contributed by atoms with Gasteiger partial charge in [0, 0.05) is 38.4 Å². The molecule has 0 amide bonds. The second kappa shape index (κ2) is 10.8. The summed E-state index contributed by atoms with van der Waals surface area (Å²) in [5.74, 6) is 0. The van der Waals surface area contributed by atoms with Crippen molar-refractivity contribution in [3.05, 3.63) is 18.0 Å². The van der Waals surface area contributed by atoms with Crippen molar-refractivity contribution in [1.82, 2.24) is 15.1 Å². The molecule has 0 radical (unpaired) electrons. The minimum atomic E-state index is 0.415. The van der Waals surface area contributed by atoms with Crippen LogP contribution in [-0.4, -0.2) is 49.3 Å². The van der Waals surface area contributed by atoms with E-state index < -0.39 is 0 Å². The summed E-state index contributed by atoms with van der Waals surface area (Å²) in [5.41, 5.74) is 1.15. The molecule has 1 N–H and O–H groups in total. The van der Waals surface area contributed by atoms with Crippen molar-refractivity contribution in [2.75, 3.05) is 33.5 Å². The average Bonchev–Trinajstić information content (AvgIpc) is 2.93. The molecule has 1 aromatic heterocycles. The van der Waals surface area contributed by atoms with E-state index in [-0.39, 0.29) is 0 Å². The fraction of sp³-hybridized carbons (Fsp3) is 0.812. The van der Waals surface area contributed by atoms with Crippen LogP contribution in [0.4, 0.5) is 0 Å². The molecule has 0 aromatic carbocycles. The van der Waals surface area contributed by atoms with Crippen molar-refractivity contribution in [1.29, 1.82) is 0 Å². The summed E-state index contributed by atoms with van der Waals surface area (Å²) in [6.45, 7) is 9.60. The van der Waals surface area contributed by atoms with E-state index in [4.69, 9.17) is 9.47 Å². The number of hydrogen-bond donors (Lipinski definition) is 1. The zero-order valence-electron chi connectivity index (χ0n) is 14.0. The molecule has 0 aliphatic rings. The first-order chi connectivity index (χ1) is 10.2. The number of ether oxygens (including phenoxy) is 2. The summed E-state index contributed by atoms with van der Waals surface area (Å²) in [6, 6.07) is 2.95. The molecule has 0 spiro atoms. The van der Waals surface area contributed by atoms with Crippen LogP contribution in [0.15, 0.2) is 12.3 Å². The largest absolute Gasteiger partial charge is 0.382 e. The van der Waals surface area contributed by atoms with Gasteiger partial charge in [-0.3, -0.25) is 4.68 Å². The first kappa shape index (κ1) is 18.1. The van der Waals surface area contributed by atoms with E-state index in [1.807, 2.05) is 4.68 Å². The molecule has 1 heterocycles. The third kappa shape index (κ3) is 7.60. The van der Waals surface area contributed by atoms with Gasteiger partial charge < -0.3 is 14.8 Å². The maximum Gasteiger partial charge on any atom is 0.0700 e. The molecule has 5 heteroatoms. The molecule has 1 rings (SSSR count). The van der Waals surface area contributed by atoms with Gasteiger partial charge in [-0.1, -0.05) is 6.92 Å². The average molecular weight is 297 g/mol. The van der Waals surface area contributed by atoms with E-state index >= 15 is 0 Å². The molecule has 0 bridgehead atoms. The predicted molar refractivity (Wildman–Crippen MR) is 85.7 cm³/mol. The standard InChI is InChI=1S/C16H31N3O2/c1-5-8-17-15(7-10-21-12-11-20-4)13-16-6-9-19(18-16)14(2)3/h6,9,14-15,17H,5,7-8,10-13H2,1-4H3. The molecule has 1 atom stereocenters. The predicted octanol–water partition coefficient (Wildman–Crippen LogP) is 2.43. The lowest BCUT2D eigenvalue weighted by Gasteiger charge is -2.17. The maximum absolute atomic E-state index is 5.58. The number of nitrogens with zero attached hydrogens (tertiary/aromatic N) is 2. The molecule has 5 nitrogen and oxygen atoms in total. The normalized spacial score (nSPS) is 13.0. The van der Waals surface area contributed by atoms with Gasteiger partial charge in [-0.15, -0.1) is 0 Å². The molecule has 122 valence electrons. The molecule has 0 aliphatic carbocycles. The Kier molecular flexibility index (Phi) is 9.30. The lowest BCUT2D eigenvalue weighted by atomic mass is 10.1. The Morgan fingerprint density at radius 2 is 2.10 bits per heavy atom. The van der Waals surface area contributed by atoms with E-state index in [0.29, 0.717) is 25.3 Å². The molecule has 21 heavy (non-hydrogen) atoms. The van der Waals surface area contributed by atoms with Gasteiger partial charge in [0.25, 0.3) is 0 Å². The molecular formula is C16H31N3O2. The lowest BCUT2D eigenvalue weighted by Crippen LogP contribution is -2.33. The molecule has 1 aromatic rings. The Hall–Kier alpha value is -0.910. The summed E-state index contributed by atoms with van der Waals surface area (Å²) < 4.78 is 12.6. The van der Waals surface area contributed by atoms with E-state index in [9.17, 15) is 0 Å². The van der Waals surface area contributed by atoms with E-state index in [0.717, 1.165) is 38.1 Å². The maximum atomic E-state index is 5.58. The van der Waals surface area contributed by atoms with Gasteiger partial charge in [0.2, 0.25) is 0 Å². The lowest BCUT2D eigenvalue weighted by molar-refractivity contribution is 0.0657. The van der Waals surface area contributed by atoms with Gasteiger partial charge in [0.05, 0.1) is 18.9 Å². The Morgan fingerprint density at radius 1 is 1.29 bits per heavy atom. The highest BCUT2D eigenvalue weighted by atomic mass is 16.5. The van der Waals surface area contributed by atoms with Crippen molar-refractivity contribution < 1.29 is 9.47 Å². The number of methoxy groups -OCH3 is 1. The van der Waals surface area contributed by atoms with E-state index in [1.165, 1.54) is 0 Å². The van der Waals surface area contributed by atoms with Crippen LogP contribution in [0.25, 0.3) is 0 Å². The molecule has 0 saturated carbocycles. The number of aromatic nitrogens is 2. The Morgan fingerprint density at radius 3 is 2.71 bits per heavy atom. The van der Waals surface area contributed by atoms with Crippen molar-refractivity contribution in [2.24, 2.45) is 0 Å². The summed E-state index contributed by atoms with van der Waals surface area (Å²) in [7, 11) is 1.69. The van der Waals surface area contributed by atoms with Crippen molar-refractivity contribution >= 4 is 0 Å². The Balaban J connectivity index is 2.40. The van der Waals surface area contributed by atoms with Crippen LogP contribution >= 0.6 is 0 Å². The molecule has 0 aliphatic heterocycles. The van der Waals surface area contributed by atoms with Crippen molar-refractivity contribution in [3.63, 3.8) is 0 Å². The quantitative estimate of drug-likeness (QED) is 0.602. The first-order valence-corrected chi connectivity index (χ1v) is 8.01. The topological polar surface area (TPSA) is 48.3 Å². The SMILES string of the molecule is CCCNC(CCOCCOC)Cc1ccn(C(C)C)n1. The fourth-order valence-electron chi connectivity index (χ4n) is 2.12. The minimum Gasteiger partial charge on any atom is -0.382 e. The van der Waals surface area contributed by atoms with Crippen LogP contribution in [0.5, 0.6) is 0 Å². The third-order valence-corrected chi connectivity index (χ3v) is 3.37. The van der Waals surface area contributed by atoms with Crippen LogP contribution in [0.3, 0.4) is 0 Å². The number of nitrogens with one attached hydrogen (secondary N) is 1. The molecule has 0 saturated heterocycles. The van der Waals surface area contributed by atoms with Gasteiger partial charge >= 0.3 is 0 Å². The van der Waals surface area contributed by atoms with Gasteiger partial charge in [0.15, 0.2) is 0 Å². The summed E-state index contributed by atoms with van der Waals surface area (Å²) >= 11 is 0. The minimum absolute atomic E-state index is 0.415. The second-order valence-corrected chi connectivity index (χ2v) is 5.63. The first-order valence-electron chi connectivity index (χ1n) is 8.01. The zero-order valence-corrected chi connectivity index (χ0v) is 14.0. The Labute approximate surface area is 129 Å². The number of hydrogen-bond acceptors (Lipinski definition) is 4. The van der Waals surface area contributed by atoms with E-state index in [2.05, 4.69) is 43.4 Å². The monoisotopic (exact) mass is 297 g/mol. The molecular weight excluding hydrogens is 266 g/mol. The van der Waals surface area contributed by atoms with Crippen LogP contribution in [0.2, 0.25) is 0 Å². The van der Waals surface area contributed by atoms with Gasteiger partial charge in [-0.2, -0.15) is 5.10 Å². The van der Waals surface area contributed by atoms with Crippen LogP contribution < -0.4 is 5.32 Å². The van der Waals surface area contributed by atoms with E-state index in [1.54, 1.807) is 7.11 Å². The van der Waals surface area contributed by atoms with Crippen LogP contribution in [-0.2, 0) is 15.9 Å². The highest BCUT2D eigenvalue weighted by Crippen LogP contribution is 2.08. The van der Waals surface area contributed by atoms with Gasteiger partial charge in [-0.05, 0) is 39.3 Å². The van der Waals surface area contributed by atoms with Crippen molar-refractivity contribution in [3.8, 4) is 0 Å². The zero-order chi connectivity index (χ0) is 15.5. The smallest absolute Gasteiger partial charge is 0.0700 e. The van der Waals surface area contributed by atoms with Crippen molar-refractivity contribution in [2.45, 2.75) is 52.1 Å². The summed E-state index contributed by atoms with van der Waals surface area (Å²) in [6.07, 6.45) is 5.15. The molecule has 1 unspecified atom stereocenters. The van der Waals surface area contributed by atoms with Crippen LogP contribution in [0, 0.1) is 0 Å². The highest BCUT2D eigenvalue weighted by Gasteiger charge is 2.11. The highest BCUT2D eigenvalue weighted by molar-refractivity contribution is 5.02. The van der Waals surface area contributed by atoms with Gasteiger partial charge in [-0.25, -0.2) is 0 Å². The fourth-order valence-corrected chi connectivity index (χ4v) is 2.12. The number of rotatable bonds is 12. The van der Waals surface area contributed by atoms with Gasteiger partial charge in [0.1, 0.15) is 0 Å².